The highest BCUT2D eigenvalue weighted by molar-refractivity contribution is 6.32. The smallest absolute Gasteiger partial charge is 0.141 e. The summed E-state index contributed by atoms with van der Waals surface area (Å²) in [5.41, 5.74) is 7.24. The van der Waals surface area contributed by atoms with Gasteiger partial charge < -0.3 is 15.2 Å². The Kier molecular flexibility index (Phi) is 3.34. The first-order chi connectivity index (χ1) is 8.56. The van der Waals surface area contributed by atoms with Crippen molar-refractivity contribution in [3.63, 3.8) is 0 Å². The van der Waals surface area contributed by atoms with Crippen LogP contribution in [0.3, 0.4) is 0 Å². The van der Waals surface area contributed by atoms with Gasteiger partial charge in [0, 0.05) is 24.7 Å². The summed E-state index contributed by atoms with van der Waals surface area (Å²) in [6.45, 7) is 0. The molecule has 96 valence electrons. The maximum atomic E-state index is 6.11. The predicted octanol–water partition coefficient (Wildman–Crippen LogP) is 2.34. The molecule has 0 spiro atoms. The molecule has 0 bridgehead atoms. The lowest BCUT2D eigenvalue weighted by Crippen LogP contribution is -1.97. The van der Waals surface area contributed by atoms with Crippen molar-refractivity contribution in [2.75, 3.05) is 20.0 Å². The number of rotatable bonds is 3. The fourth-order valence-corrected chi connectivity index (χ4v) is 1.91. The number of nitrogens with zero attached hydrogens (tertiary/aromatic N) is 2. The Bertz CT molecular complexity index is 561. The van der Waals surface area contributed by atoms with E-state index in [1.54, 1.807) is 44.1 Å². The van der Waals surface area contributed by atoms with Gasteiger partial charge in [-0.25, -0.2) is 0 Å². The highest BCUT2D eigenvalue weighted by atomic mass is 35.5. The first-order valence-corrected chi connectivity index (χ1v) is 5.66. The Hall–Kier alpha value is -1.88. The lowest BCUT2D eigenvalue weighted by Gasteiger charge is -2.10. The van der Waals surface area contributed by atoms with Gasteiger partial charge in [-0.1, -0.05) is 11.6 Å². The molecule has 1 aromatic carbocycles. The van der Waals surface area contributed by atoms with Crippen LogP contribution in [0.25, 0.3) is 11.3 Å². The molecule has 0 saturated heterocycles. The molecule has 1 aromatic heterocycles. The maximum absolute atomic E-state index is 6.11. The van der Waals surface area contributed by atoms with Gasteiger partial charge >= 0.3 is 0 Å². The topological polar surface area (TPSA) is 62.3 Å². The van der Waals surface area contributed by atoms with Crippen LogP contribution in [0.4, 0.5) is 5.82 Å². The summed E-state index contributed by atoms with van der Waals surface area (Å²) in [6, 6.07) is 5.24. The van der Waals surface area contributed by atoms with Crippen molar-refractivity contribution < 1.29 is 9.47 Å². The molecular formula is C12H14ClN3O2. The number of benzene rings is 1. The number of methoxy groups -OCH3 is 2. The van der Waals surface area contributed by atoms with Crippen molar-refractivity contribution >= 4 is 17.4 Å². The average molecular weight is 268 g/mol. The van der Waals surface area contributed by atoms with Crippen LogP contribution in [0.2, 0.25) is 5.02 Å². The van der Waals surface area contributed by atoms with Crippen LogP contribution in [0.15, 0.2) is 18.2 Å². The van der Waals surface area contributed by atoms with Gasteiger partial charge in [0.2, 0.25) is 0 Å². The second kappa shape index (κ2) is 4.78. The normalized spacial score (nSPS) is 10.4. The van der Waals surface area contributed by atoms with Crippen LogP contribution >= 0.6 is 11.6 Å². The quantitative estimate of drug-likeness (QED) is 0.927. The van der Waals surface area contributed by atoms with E-state index in [9.17, 15) is 0 Å². The first-order valence-electron chi connectivity index (χ1n) is 5.28. The summed E-state index contributed by atoms with van der Waals surface area (Å²) in [7, 11) is 4.91. The SMILES string of the molecule is COc1cc(OC)c(-c2cc(N)n(C)n2)cc1Cl. The Balaban J connectivity index is 2.59. The number of aryl methyl sites for hydroxylation is 1. The minimum atomic E-state index is 0.498. The number of anilines is 1. The number of halogens is 1. The van der Waals surface area contributed by atoms with Gasteiger partial charge in [-0.05, 0) is 6.07 Å². The molecule has 0 aliphatic carbocycles. The molecule has 2 aromatic rings. The zero-order valence-corrected chi connectivity index (χ0v) is 11.2. The van der Waals surface area contributed by atoms with E-state index in [2.05, 4.69) is 5.10 Å². The molecule has 2 N–H and O–H groups in total. The number of ether oxygens (including phenoxy) is 2. The van der Waals surface area contributed by atoms with Crippen LogP contribution in [0, 0.1) is 0 Å². The third-order valence-corrected chi connectivity index (χ3v) is 2.96. The molecule has 0 saturated carbocycles. The van der Waals surface area contributed by atoms with Gasteiger partial charge in [-0.2, -0.15) is 5.10 Å². The van der Waals surface area contributed by atoms with Crippen molar-refractivity contribution in [2.45, 2.75) is 0 Å². The summed E-state index contributed by atoms with van der Waals surface area (Å²) in [5, 5.41) is 4.80. The van der Waals surface area contributed by atoms with Crippen LogP contribution in [0.5, 0.6) is 11.5 Å². The fourth-order valence-electron chi connectivity index (χ4n) is 1.67. The molecule has 0 aliphatic heterocycles. The van der Waals surface area contributed by atoms with Crippen LogP contribution < -0.4 is 15.2 Å². The molecule has 2 rings (SSSR count). The molecule has 18 heavy (non-hydrogen) atoms. The van der Waals surface area contributed by atoms with Gasteiger partial charge in [-0.15, -0.1) is 0 Å². The second-order valence-electron chi connectivity index (χ2n) is 3.77. The third kappa shape index (κ3) is 2.09. The molecule has 6 heteroatoms. The zero-order chi connectivity index (χ0) is 13.3. The average Bonchev–Trinajstić information content (AvgIpc) is 2.69. The van der Waals surface area contributed by atoms with Gasteiger partial charge in [-0.3, -0.25) is 4.68 Å². The fraction of sp³-hybridized carbons (Fsp3) is 0.250. The monoisotopic (exact) mass is 267 g/mol. The molecule has 1 heterocycles. The summed E-state index contributed by atoms with van der Waals surface area (Å²) in [4.78, 5) is 0. The minimum Gasteiger partial charge on any atom is -0.496 e. The van der Waals surface area contributed by atoms with Gasteiger partial charge in [0.25, 0.3) is 0 Å². The molecule has 0 fully saturated rings. The van der Waals surface area contributed by atoms with Crippen LogP contribution in [0.1, 0.15) is 0 Å². The Morgan fingerprint density at radius 2 is 1.83 bits per heavy atom. The van der Waals surface area contributed by atoms with E-state index in [1.807, 2.05) is 0 Å². The highest BCUT2D eigenvalue weighted by Gasteiger charge is 2.14. The second-order valence-corrected chi connectivity index (χ2v) is 4.17. The highest BCUT2D eigenvalue weighted by Crippen LogP contribution is 2.38. The number of nitrogen functional groups attached to an aromatic ring is 1. The van der Waals surface area contributed by atoms with E-state index in [0.717, 1.165) is 5.56 Å². The number of nitrogens with two attached hydrogens (primary N) is 1. The Labute approximate surface area is 110 Å². The summed E-state index contributed by atoms with van der Waals surface area (Å²) < 4.78 is 12.1. The summed E-state index contributed by atoms with van der Waals surface area (Å²) in [5.74, 6) is 1.76. The predicted molar refractivity (Wildman–Crippen MR) is 71.2 cm³/mol. The van der Waals surface area contributed by atoms with Crippen molar-refractivity contribution in [1.82, 2.24) is 9.78 Å². The molecular weight excluding hydrogens is 254 g/mol. The summed E-state index contributed by atoms with van der Waals surface area (Å²) in [6.07, 6.45) is 0. The van der Waals surface area contributed by atoms with E-state index in [-0.39, 0.29) is 0 Å². The Morgan fingerprint density at radius 1 is 1.17 bits per heavy atom. The Morgan fingerprint density at radius 3 is 2.33 bits per heavy atom. The minimum absolute atomic E-state index is 0.498. The van der Waals surface area contributed by atoms with Crippen molar-refractivity contribution in [3.05, 3.63) is 23.2 Å². The molecule has 0 atom stereocenters. The first kappa shape index (κ1) is 12.6. The standard InChI is InChI=1S/C12H14ClN3O2/c1-16-12(14)5-9(15-16)7-4-8(13)11(18-3)6-10(7)17-2/h4-6H,14H2,1-3H3. The van der Waals surface area contributed by atoms with E-state index in [0.29, 0.717) is 28.0 Å². The van der Waals surface area contributed by atoms with Gasteiger partial charge in [0.15, 0.2) is 0 Å². The molecule has 5 nitrogen and oxygen atoms in total. The number of hydrogen-bond donors (Lipinski definition) is 1. The number of aromatic nitrogens is 2. The van der Waals surface area contributed by atoms with Crippen LogP contribution in [-0.4, -0.2) is 24.0 Å². The van der Waals surface area contributed by atoms with E-state index < -0.39 is 0 Å². The van der Waals surface area contributed by atoms with Crippen LogP contribution in [-0.2, 0) is 7.05 Å². The van der Waals surface area contributed by atoms with Crippen molar-refractivity contribution in [2.24, 2.45) is 7.05 Å². The van der Waals surface area contributed by atoms with E-state index in [4.69, 9.17) is 26.8 Å². The van der Waals surface area contributed by atoms with Gasteiger partial charge in [0.1, 0.15) is 17.3 Å². The van der Waals surface area contributed by atoms with Crippen molar-refractivity contribution in [3.8, 4) is 22.8 Å². The molecule has 0 radical (unpaired) electrons. The maximum Gasteiger partial charge on any atom is 0.141 e. The van der Waals surface area contributed by atoms with E-state index >= 15 is 0 Å². The lowest BCUT2D eigenvalue weighted by molar-refractivity contribution is 0.395. The third-order valence-electron chi connectivity index (χ3n) is 2.67. The molecule has 0 amide bonds. The van der Waals surface area contributed by atoms with Crippen molar-refractivity contribution in [1.29, 1.82) is 0 Å². The molecule has 0 aliphatic rings. The summed E-state index contributed by atoms with van der Waals surface area (Å²) >= 11 is 6.11. The largest absolute Gasteiger partial charge is 0.496 e. The van der Waals surface area contributed by atoms with Gasteiger partial charge in [0.05, 0.1) is 24.9 Å². The number of hydrogen-bond acceptors (Lipinski definition) is 4. The zero-order valence-electron chi connectivity index (χ0n) is 10.4. The molecule has 0 unspecified atom stereocenters. The lowest BCUT2D eigenvalue weighted by atomic mass is 10.1. The van der Waals surface area contributed by atoms with E-state index in [1.165, 1.54) is 0 Å².